The van der Waals surface area contributed by atoms with Crippen LogP contribution in [0, 0.1) is 0 Å². The summed E-state index contributed by atoms with van der Waals surface area (Å²) in [5.41, 5.74) is 1.60. The van der Waals surface area contributed by atoms with Gasteiger partial charge >= 0.3 is 0 Å². The van der Waals surface area contributed by atoms with E-state index in [9.17, 15) is 13.2 Å². The predicted molar refractivity (Wildman–Crippen MR) is 144 cm³/mol. The van der Waals surface area contributed by atoms with Crippen LogP contribution < -0.4 is 4.90 Å². The molecule has 0 aliphatic carbocycles. The summed E-state index contributed by atoms with van der Waals surface area (Å²) in [6, 6.07) is 16.2. The summed E-state index contributed by atoms with van der Waals surface area (Å²) in [6.45, 7) is 6.78. The second kappa shape index (κ2) is 10.9. The maximum atomic E-state index is 13.1. The highest BCUT2D eigenvalue weighted by molar-refractivity contribution is 8.00. The fourth-order valence-electron chi connectivity index (χ4n) is 4.77. The number of sulfonamides is 1. The molecule has 1 aromatic heterocycles. The number of amides is 1. The van der Waals surface area contributed by atoms with E-state index >= 15 is 0 Å². The lowest BCUT2D eigenvalue weighted by molar-refractivity contribution is -0.129. The fourth-order valence-corrected chi connectivity index (χ4v) is 7.12. The molecule has 0 radical (unpaired) electrons. The first-order chi connectivity index (χ1) is 17.8. The minimum Gasteiger partial charge on any atom is -0.372 e. The second-order valence-corrected chi connectivity index (χ2v) is 12.3. The van der Waals surface area contributed by atoms with Crippen LogP contribution in [-0.4, -0.2) is 90.7 Å². The topological polar surface area (TPSA) is 95.9 Å². The van der Waals surface area contributed by atoms with Crippen LogP contribution in [0.1, 0.15) is 13.8 Å². The van der Waals surface area contributed by atoms with Gasteiger partial charge in [0.15, 0.2) is 5.82 Å². The number of hydrogen-bond acceptors (Lipinski definition) is 8. The number of para-hydroxylation sites is 2. The lowest BCUT2D eigenvalue weighted by atomic mass is 10.2. The molecule has 2 aromatic carbocycles. The van der Waals surface area contributed by atoms with Crippen LogP contribution in [0.2, 0.25) is 0 Å². The molecule has 196 valence electrons. The Balaban J connectivity index is 1.27. The van der Waals surface area contributed by atoms with Crippen molar-refractivity contribution in [3.63, 3.8) is 0 Å². The van der Waals surface area contributed by atoms with Crippen molar-refractivity contribution in [1.82, 2.24) is 19.2 Å². The van der Waals surface area contributed by atoms with Crippen LogP contribution in [0.4, 0.5) is 5.82 Å². The second-order valence-electron chi connectivity index (χ2n) is 9.39. The molecule has 11 heteroatoms. The Morgan fingerprint density at radius 3 is 2.16 bits per heavy atom. The van der Waals surface area contributed by atoms with Crippen LogP contribution in [0.3, 0.4) is 0 Å². The number of carbonyl (C=O) groups excluding carboxylic acids is 1. The standard InChI is InChI=1S/C26H31N5O4S2/c1-19-16-30(17-20(2)35-19)25-26(28-23-11-7-6-10-22(23)27-25)36-18-24(32)29-12-14-31(15-13-29)37(33,34)21-8-4-3-5-9-21/h3-11,19-20H,12-18H2,1-2H3/t19-,20+. The summed E-state index contributed by atoms with van der Waals surface area (Å²) in [5, 5.41) is 0.721. The smallest absolute Gasteiger partial charge is 0.243 e. The zero-order valence-corrected chi connectivity index (χ0v) is 22.6. The number of piperazine rings is 1. The minimum atomic E-state index is -3.56. The monoisotopic (exact) mass is 541 g/mol. The zero-order valence-electron chi connectivity index (χ0n) is 21.0. The normalized spacial score (nSPS) is 21.4. The molecule has 0 unspecified atom stereocenters. The van der Waals surface area contributed by atoms with Gasteiger partial charge in [-0.2, -0.15) is 4.31 Å². The number of fused-ring (bicyclic) bond motifs is 1. The van der Waals surface area contributed by atoms with Crippen molar-refractivity contribution in [3.05, 3.63) is 54.6 Å². The van der Waals surface area contributed by atoms with Crippen molar-refractivity contribution in [2.24, 2.45) is 0 Å². The summed E-state index contributed by atoms with van der Waals surface area (Å²) in [7, 11) is -3.56. The Kier molecular flexibility index (Phi) is 7.66. The van der Waals surface area contributed by atoms with Crippen LogP contribution in [0.5, 0.6) is 0 Å². The molecule has 2 aliphatic rings. The van der Waals surface area contributed by atoms with E-state index < -0.39 is 10.0 Å². The third kappa shape index (κ3) is 5.74. The van der Waals surface area contributed by atoms with Crippen LogP contribution >= 0.6 is 11.8 Å². The SMILES string of the molecule is C[C@@H]1CN(c2nc3ccccc3nc2SCC(=O)N2CCN(S(=O)(=O)c3ccccc3)CC2)C[C@H](C)O1. The molecule has 2 fully saturated rings. The van der Waals surface area contributed by atoms with E-state index in [4.69, 9.17) is 14.7 Å². The molecule has 1 amide bonds. The van der Waals surface area contributed by atoms with Gasteiger partial charge in [-0.05, 0) is 38.1 Å². The largest absolute Gasteiger partial charge is 0.372 e. The van der Waals surface area contributed by atoms with Crippen molar-refractivity contribution in [2.75, 3.05) is 49.9 Å². The number of thioether (sulfide) groups is 1. The Hall–Kier alpha value is -2.73. The van der Waals surface area contributed by atoms with Crippen LogP contribution in [-0.2, 0) is 19.6 Å². The summed E-state index contributed by atoms with van der Waals surface area (Å²) in [5.74, 6) is 0.949. The first kappa shape index (κ1) is 25.9. The molecule has 37 heavy (non-hydrogen) atoms. The minimum absolute atomic E-state index is 0.0358. The lowest BCUT2D eigenvalue weighted by Gasteiger charge is -2.36. The number of carbonyl (C=O) groups is 1. The number of aromatic nitrogens is 2. The van der Waals surface area contributed by atoms with E-state index in [1.165, 1.54) is 16.1 Å². The molecule has 5 rings (SSSR count). The number of ether oxygens (including phenoxy) is 1. The van der Waals surface area contributed by atoms with Gasteiger partial charge in [0.25, 0.3) is 0 Å². The third-order valence-electron chi connectivity index (χ3n) is 6.55. The Morgan fingerprint density at radius 2 is 1.51 bits per heavy atom. The molecule has 2 saturated heterocycles. The van der Waals surface area contributed by atoms with Crippen LogP contribution in [0.15, 0.2) is 64.5 Å². The summed E-state index contributed by atoms with van der Waals surface area (Å²) < 4.78 is 33.2. The molecular formula is C26H31N5O4S2. The number of rotatable bonds is 6. The summed E-state index contributed by atoms with van der Waals surface area (Å²) in [4.78, 5) is 27.1. The number of anilines is 1. The van der Waals surface area contributed by atoms with Crippen molar-refractivity contribution < 1.29 is 17.9 Å². The fraction of sp³-hybridized carbons (Fsp3) is 0.423. The van der Waals surface area contributed by atoms with Crippen molar-refractivity contribution in [3.8, 4) is 0 Å². The average Bonchev–Trinajstić information content (AvgIpc) is 2.91. The highest BCUT2D eigenvalue weighted by atomic mass is 32.2. The van der Waals surface area contributed by atoms with Gasteiger partial charge in [-0.1, -0.05) is 42.1 Å². The van der Waals surface area contributed by atoms with Crippen molar-refractivity contribution in [2.45, 2.75) is 36.0 Å². The van der Waals surface area contributed by atoms with Gasteiger partial charge in [0.05, 0.1) is 33.9 Å². The van der Waals surface area contributed by atoms with Gasteiger partial charge in [-0.25, -0.2) is 18.4 Å². The molecule has 0 bridgehead atoms. The quantitative estimate of drug-likeness (QED) is 0.440. The molecule has 3 aromatic rings. The van der Waals surface area contributed by atoms with E-state index in [0.717, 1.165) is 21.9 Å². The highest BCUT2D eigenvalue weighted by Crippen LogP contribution is 2.31. The lowest BCUT2D eigenvalue weighted by Crippen LogP contribution is -2.51. The number of hydrogen-bond donors (Lipinski definition) is 0. The van der Waals surface area contributed by atoms with Gasteiger partial charge in [0, 0.05) is 39.3 Å². The highest BCUT2D eigenvalue weighted by Gasteiger charge is 2.31. The molecule has 2 aliphatic heterocycles. The maximum absolute atomic E-state index is 13.1. The Bertz CT molecular complexity index is 1350. The molecule has 3 heterocycles. The number of morpholine rings is 1. The third-order valence-corrected chi connectivity index (χ3v) is 9.40. The molecule has 0 saturated carbocycles. The Labute approximate surface area is 221 Å². The van der Waals surface area contributed by atoms with E-state index in [0.29, 0.717) is 26.2 Å². The summed E-state index contributed by atoms with van der Waals surface area (Å²) in [6.07, 6.45) is 0.139. The molecule has 2 atom stereocenters. The van der Waals surface area contributed by atoms with E-state index in [2.05, 4.69) is 4.90 Å². The van der Waals surface area contributed by atoms with Gasteiger partial charge < -0.3 is 14.5 Å². The molecular weight excluding hydrogens is 510 g/mol. The molecule has 0 spiro atoms. The number of nitrogens with zero attached hydrogens (tertiary/aromatic N) is 5. The van der Waals surface area contributed by atoms with Gasteiger partial charge in [0.2, 0.25) is 15.9 Å². The molecule has 0 N–H and O–H groups in total. The van der Waals surface area contributed by atoms with E-state index in [1.54, 1.807) is 35.2 Å². The molecule has 9 nitrogen and oxygen atoms in total. The average molecular weight is 542 g/mol. The Morgan fingerprint density at radius 1 is 0.919 bits per heavy atom. The zero-order chi connectivity index (χ0) is 26.0. The van der Waals surface area contributed by atoms with Crippen molar-refractivity contribution >= 4 is 44.5 Å². The van der Waals surface area contributed by atoms with E-state index in [1.807, 2.05) is 38.1 Å². The first-order valence-corrected chi connectivity index (χ1v) is 14.9. The van der Waals surface area contributed by atoms with Gasteiger partial charge in [0.1, 0.15) is 5.03 Å². The number of benzene rings is 2. The first-order valence-electron chi connectivity index (χ1n) is 12.4. The van der Waals surface area contributed by atoms with Gasteiger partial charge in [-0.15, -0.1) is 0 Å². The van der Waals surface area contributed by atoms with Crippen LogP contribution in [0.25, 0.3) is 11.0 Å². The van der Waals surface area contributed by atoms with Gasteiger partial charge in [-0.3, -0.25) is 4.79 Å². The van der Waals surface area contributed by atoms with Crippen molar-refractivity contribution in [1.29, 1.82) is 0 Å². The summed E-state index contributed by atoms with van der Waals surface area (Å²) >= 11 is 1.38. The predicted octanol–water partition coefficient (Wildman–Crippen LogP) is 2.87. The maximum Gasteiger partial charge on any atom is 0.243 e. The van der Waals surface area contributed by atoms with E-state index in [-0.39, 0.29) is 41.9 Å².